The van der Waals surface area contributed by atoms with Crippen LogP contribution in [-0.4, -0.2) is 22.2 Å². The SMILES string of the molecule is CCc1ccc(-c2cc(NC(=O)c3ccc(OC(C)C)nc3)on2)cc1. The number of hydrogen-bond acceptors (Lipinski definition) is 5. The van der Waals surface area contributed by atoms with Crippen LogP contribution in [0.2, 0.25) is 0 Å². The maximum atomic E-state index is 12.3. The number of benzene rings is 1. The van der Waals surface area contributed by atoms with E-state index in [2.05, 4.69) is 34.5 Å². The van der Waals surface area contributed by atoms with Crippen LogP contribution in [0.3, 0.4) is 0 Å². The number of aryl methyl sites for hydroxylation is 1. The van der Waals surface area contributed by atoms with Crippen LogP contribution in [0.4, 0.5) is 5.88 Å². The molecular formula is C20H21N3O3. The monoisotopic (exact) mass is 351 g/mol. The second kappa shape index (κ2) is 7.82. The lowest BCUT2D eigenvalue weighted by Crippen LogP contribution is -2.12. The summed E-state index contributed by atoms with van der Waals surface area (Å²) in [5.41, 5.74) is 3.26. The molecule has 0 unspecified atom stereocenters. The highest BCUT2D eigenvalue weighted by atomic mass is 16.5. The van der Waals surface area contributed by atoms with Gasteiger partial charge in [0.15, 0.2) is 0 Å². The minimum Gasteiger partial charge on any atom is -0.475 e. The zero-order chi connectivity index (χ0) is 18.5. The van der Waals surface area contributed by atoms with Gasteiger partial charge in [-0.15, -0.1) is 0 Å². The van der Waals surface area contributed by atoms with Crippen molar-refractivity contribution in [2.45, 2.75) is 33.3 Å². The van der Waals surface area contributed by atoms with Crippen LogP contribution in [-0.2, 0) is 6.42 Å². The fraction of sp³-hybridized carbons (Fsp3) is 0.250. The quantitative estimate of drug-likeness (QED) is 0.715. The molecule has 6 nitrogen and oxygen atoms in total. The molecule has 0 atom stereocenters. The summed E-state index contributed by atoms with van der Waals surface area (Å²) in [7, 11) is 0. The van der Waals surface area contributed by atoms with Crippen molar-refractivity contribution < 1.29 is 14.1 Å². The molecule has 0 aliphatic heterocycles. The molecule has 0 fully saturated rings. The van der Waals surface area contributed by atoms with Crippen molar-refractivity contribution in [1.82, 2.24) is 10.1 Å². The number of pyridine rings is 1. The van der Waals surface area contributed by atoms with Crippen molar-refractivity contribution in [3.05, 3.63) is 59.8 Å². The number of carbonyl (C=O) groups is 1. The molecule has 26 heavy (non-hydrogen) atoms. The molecule has 0 bridgehead atoms. The predicted octanol–water partition coefficient (Wildman–Crippen LogP) is 4.34. The molecular weight excluding hydrogens is 330 g/mol. The Morgan fingerprint density at radius 3 is 2.58 bits per heavy atom. The third kappa shape index (κ3) is 4.27. The Kier molecular flexibility index (Phi) is 5.31. The molecule has 3 aromatic rings. The van der Waals surface area contributed by atoms with Crippen LogP contribution >= 0.6 is 0 Å². The van der Waals surface area contributed by atoms with E-state index in [1.165, 1.54) is 11.8 Å². The minimum atomic E-state index is -0.322. The van der Waals surface area contributed by atoms with Gasteiger partial charge in [-0.1, -0.05) is 36.3 Å². The number of hydrogen-bond donors (Lipinski definition) is 1. The fourth-order valence-electron chi connectivity index (χ4n) is 2.39. The average Bonchev–Trinajstić information content (AvgIpc) is 3.10. The normalized spacial score (nSPS) is 10.8. The van der Waals surface area contributed by atoms with Crippen molar-refractivity contribution in [3.63, 3.8) is 0 Å². The largest absolute Gasteiger partial charge is 0.475 e. The summed E-state index contributed by atoms with van der Waals surface area (Å²) in [5, 5.41) is 6.69. The molecule has 0 spiro atoms. The summed E-state index contributed by atoms with van der Waals surface area (Å²) in [6.45, 7) is 5.94. The summed E-state index contributed by atoms with van der Waals surface area (Å²) in [4.78, 5) is 16.4. The molecule has 3 rings (SSSR count). The number of ether oxygens (including phenoxy) is 1. The van der Waals surface area contributed by atoms with E-state index < -0.39 is 0 Å². The highest BCUT2D eigenvalue weighted by Crippen LogP contribution is 2.22. The van der Waals surface area contributed by atoms with Gasteiger partial charge >= 0.3 is 0 Å². The van der Waals surface area contributed by atoms with E-state index in [1.54, 1.807) is 18.2 Å². The molecule has 2 aromatic heterocycles. The lowest BCUT2D eigenvalue weighted by molar-refractivity contribution is 0.102. The Morgan fingerprint density at radius 1 is 1.19 bits per heavy atom. The molecule has 6 heteroatoms. The molecule has 2 heterocycles. The second-order valence-electron chi connectivity index (χ2n) is 6.13. The van der Waals surface area contributed by atoms with E-state index in [-0.39, 0.29) is 17.9 Å². The third-order valence-electron chi connectivity index (χ3n) is 3.76. The van der Waals surface area contributed by atoms with Gasteiger partial charge in [-0.3, -0.25) is 10.1 Å². The third-order valence-corrected chi connectivity index (χ3v) is 3.76. The van der Waals surface area contributed by atoms with Gasteiger partial charge in [0.25, 0.3) is 5.91 Å². The Labute approximate surface area is 152 Å². The van der Waals surface area contributed by atoms with Gasteiger partial charge < -0.3 is 9.26 Å². The van der Waals surface area contributed by atoms with Crippen molar-refractivity contribution in [2.75, 3.05) is 5.32 Å². The maximum absolute atomic E-state index is 12.3. The zero-order valence-electron chi connectivity index (χ0n) is 15.0. The van der Waals surface area contributed by atoms with Crippen LogP contribution in [0.1, 0.15) is 36.7 Å². The lowest BCUT2D eigenvalue weighted by atomic mass is 10.1. The predicted molar refractivity (Wildman–Crippen MR) is 99.3 cm³/mol. The first-order valence-corrected chi connectivity index (χ1v) is 8.55. The molecule has 1 aromatic carbocycles. The number of nitrogens with one attached hydrogen (secondary N) is 1. The van der Waals surface area contributed by atoms with Crippen molar-refractivity contribution in [2.24, 2.45) is 0 Å². The van der Waals surface area contributed by atoms with Crippen LogP contribution in [0, 0.1) is 0 Å². The molecule has 1 amide bonds. The number of amides is 1. The highest BCUT2D eigenvalue weighted by molar-refractivity contribution is 6.03. The van der Waals surface area contributed by atoms with E-state index in [0.717, 1.165) is 12.0 Å². The molecule has 0 saturated carbocycles. The van der Waals surface area contributed by atoms with Gasteiger partial charge in [-0.2, -0.15) is 0 Å². The molecule has 0 saturated heterocycles. The second-order valence-corrected chi connectivity index (χ2v) is 6.13. The van der Waals surface area contributed by atoms with Gasteiger partial charge in [-0.25, -0.2) is 4.98 Å². The number of anilines is 1. The van der Waals surface area contributed by atoms with Gasteiger partial charge in [-0.05, 0) is 31.9 Å². The number of carbonyl (C=O) groups excluding carboxylic acids is 1. The Hall–Kier alpha value is -3.15. The Morgan fingerprint density at radius 2 is 1.96 bits per heavy atom. The first-order valence-electron chi connectivity index (χ1n) is 8.55. The Balaban J connectivity index is 1.67. The zero-order valence-corrected chi connectivity index (χ0v) is 15.0. The van der Waals surface area contributed by atoms with Crippen LogP contribution < -0.4 is 10.1 Å². The van der Waals surface area contributed by atoms with Gasteiger partial charge in [0.2, 0.25) is 11.8 Å². The van der Waals surface area contributed by atoms with E-state index in [0.29, 0.717) is 17.1 Å². The van der Waals surface area contributed by atoms with Crippen LogP contribution in [0.15, 0.2) is 53.2 Å². The summed E-state index contributed by atoms with van der Waals surface area (Å²) in [6, 6.07) is 13.1. The van der Waals surface area contributed by atoms with Crippen LogP contribution in [0.25, 0.3) is 11.3 Å². The summed E-state index contributed by atoms with van der Waals surface area (Å²) in [5.74, 6) is 0.443. The fourth-order valence-corrected chi connectivity index (χ4v) is 2.39. The van der Waals surface area contributed by atoms with E-state index in [1.807, 2.05) is 26.0 Å². The molecule has 0 aliphatic rings. The highest BCUT2D eigenvalue weighted by Gasteiger charge is 2.12. The van der Waals surface area contributed by atoms with Gasteiger partial charge in [0, 0.05) is 23.9 Å². The smallest absolute Gasteiger partial charge is 0.259 e. The summed E-state index contributed by atoms with van der Waals surface area (Å²) in [6.07, 6.45) is 2.48. The maximum Gasteiger partial charge on any atom is 0.259 e. The molecule has 1 N–H and O–H groups in total. The first kappa shape index (κ1) is 17.7. The number of aromatic nitrogens is 2. The minimum absolute atomic E-state index is 0.0289. The number of rotatable bonds is 6. The van der Waals surface area contributed by atoms with Gasteiger partial charge in [0.05, 0.1) is 11.7 Å². The standard InChI is InChI=1S/C20H21N3O3/c1-4-14-5-7-15(8-6-14)17-11-19(26-23-17)22-20(24)16-9-10-18(21-12-16)25-13(2)3/h5-13H,4H2,1-3H3,(H,22,24). The van der Waals surface area contributed by atoms with Crippen molar-refractivity contribution in [3.8, 4) is 17.1 Å². The summed E-state index contributed by atoms with van der Waals surface area (Å²) < 4.78 is 10.7. The topological polar surface area (TPSA) is 77.2 Å². The molecule has 0 radical (unpaired) electrons. The van der Waals surface area contributed by atoms with E-state index >= 15 is 0 Å². The average molecular weight is 351 g/mol. The Bertz CT molecular complexity index is 868. The van der Waals surface area contributed by atoms with Gasteiger partial charge in [0.1, 0.15) is 5.69 Å². The van der Waals surface area contributed by atoms with E-state index in [9.17, 15) is 4.79 Å². The summed E-state index contributed by atoms with van der Waals surface area (Å²) >= 11 is 0. The first-order chi connectivity index (χ1) is 12.5. The van der Waals surface area contributed by atoms with Crippen LogP contribution in [0.5, 0.6) is 5.88 Å². The lowest BCUT2D eigenvalue weighted by Gasteiger charge is -2.08. The van der Waals surface area contributed by atoms with Crippen molar-refractivity contribution >= 4 is 11.8 Å². The molecule has 134 valence electrons. The van der Waals surface area contributed by atoms with Crippen molar-refractivity contribution in [1.29, 1.82) is 0 Å². The van der Waals surface area contributed by atoms with E-state index in [4.69, 9.17) is 9.26 Å². The number of nitrogens with zero attached hydrogens (tertiary/aromatic N) is 2. The molecule has 0 aliphatic carbocycles.